The second-order valence-electron chi connectivity index (χ2n) is 7.27. The first-order chi connectivity index (χ1) is 11.5. The van der Waals surface area contributed by atoms with Crippen LogP contribution in [0.4, 0.5) is 9.18 Å². The summed E-state index contributed by atoms with van der Waals surface area (Å²) in [6.45, 7) is 6.62. The highest BCUT2D eigenvalue weighted by Crippen LogP contribution is 2.55. The highest BCUT2D eigenvalue weighted by Gasteiger charge is 2.71. The predicted molar refractivity (Wildman–Crippen MR) is 93.5 cm³/mol. The number of sulfone groups is 1. The van der Waals surface area contributed by atoms with Crippen LogP contribution < -0.4 is 11.1 Å². The van der Waals surface area contributed by atoms with Gasteiger partial charge in [-0.2, -0.15) is 0 Å². The van der Waals surface area contributed by atoms with Crippen molar-refractivity contribution >= 4 is 15.9 Å². The molecule has 0 unspecified atom stereocenters. The SMILES string of the molecule is CCS(=O)(=O)[C@@H]1[C@H](c2ccc(F)cc2)[C@]1(CN)NC(=O)OC(C)(C)C. The van der Waals surface area contributed by atoms with Crippen molar-refractivity contribution in [1.82, 2.24) is 5.32 Å². The summed E-state index contributed by atoms with van der Waals surface area (Å²) in [5.74, 6) is -1.04. The van der Waals surface area contributed by atoms with Crippen LogP contribution in [0.3, 0.4) is 0 Å². The largest absolute Gasteiger partial charge is 0.444 e. The summed E-state index contributed by atoms with van der Waals surface area (Å²) >= 11 is 0. The molecule has 6 nitrogen and oxygen atoms in total. The molecular weight excluding hydrogens is 347 g/mol. The van der Waals surface area contributed by atoms with Gasteiger partial charge in [0.1, 0.15) is 11.4 Å². The molecule has 3 atom stereocenters. The molecule has 1 aliphatic rings. The number of rotatable bonds is 5. The fourth-order valence-electron chi connectivity index (χ4n) is 3.19. The zero-order valence-corrected chi connectivity index (χ0v) is 15.7. The van der Waals surface area contributed by atoms with Gasteiger partial charge in [0.2, 0.25) is 0 Å². The predicted octanol–water partition coefficient (Wildman–Crippen LogP) is 1.95. The second kappa shape index (κ2) is 6.57. The molecule has 0 radical (unpaired) electrons. The molecule has 1 fully saturated rings. The average Bonchev–Trinajstić information content (AvgIpc) is 3.15. The lowest BCUT2D eigenvalue weighted by Gasteiger charge is -2.24. The first kappa shape index (κ1) is 19.7. The van der Waals surface area contributed by atoms with Crippen LogP contribution in [0.2, 0.25) is 0 Å². The van der Waals surface area contributed by atoms with Crippen molar-refractivity contribution in [2.24, 2.45) is 5.73 Å². The number of alkyl carbamates (subject to hydrolysis) is 1. The summed E-state index contributed by atoms with van der Waals surface area (Å²) < 4.78 is 43.5. The molecule has 1 saturated carbocycles. The van der Waals surface area contributed by atoms with Gasteiger partial charge in [-0.05, 0) is 38.5 Å². The van der Waals surface area contributed by atoms with Crippen LogP contribution in [0.25, 0.3) is 0 Å². The van der Waals surface area contributed by atoms with Crippen molar-refractivity contribution in [3.05, 3.63) is 35.6 Å². The highest BCUT2D eigenvalue weighted by atomic mass is 32.2. The summed E-state index contributed by atoms with van der Waals surface area (Å²) in [5.41, 5.74) is 4.61. The van der Waals surface area contributed by atoms with Crippen molar-refractivity contribution in [2.45, 2.75) is 50.0 Å². The van der Waals surface area contributed by atoms with E-state index in [-0.39, 0.29) is 12.3 Å². The molecule has 0 heterocycles. The van der Waals surface area contributed by atoms with Gasteiger partial charge in [0.25, 0.3) is 0 Å². The van der Waals surface area contributed by atoms with Gasteiger partial charge in [-0.15, -0.1) is 0 Å². The van der Waals surface area contributed by atoms with E-state index in [1.54, 1.807) is 27.7 Å². The number of benzene rings is 1. The molecule has 3 N–H and O–H groups in total. The van der Waals surface area contributed by atoms with E-state index in [1.165, 1.54) is 24.3 Å². The Morgan fingerprint density at radius 2 is 1.88 bits per heavy atom. The molecule has 0 aromatic heterocycles. The van der Waals surface area contributed by atoms with E-state index in [4.69, 9.17) is 10.5 Å². The Labute approximate surface area is 147 Å². The highest BCUT2D eigenvalue weighted by molar-refractivity contribution is 7.92. The quantitative estimate of drug-likeness (QED) is 0.823. The lowest BCUT2D eigenvalue weighted by atomic mass is 10.1. The molecule has 0 bridgehead atoms. The van der Waals surface area contributed by atoms with Gasteiger partial charge in [-0.1, -0.05) is 19.1 Å². The minimum Gasteiger partial charge on any atom is -0.444 e. The fraction of sp³-hybridized carbons (Fsp3) is 0.588. The number of halogens is 1. The van der Waals surface area contributed by atoms with Crippen molar-refractivity contribution in [2.75, 3.05) is 12.3 Å². The molecule has 25 heavy (non-hydrogen) atoms. The first-order valence-corrected chi connectivity index (χ1v) is 9.86. The topological polar surface area (TPSA) is 98.5 Å². The van der Waals surface area contributed by atoms with Gasteiger partial charge in [0.05, 0.1) is 10.8 Å². The molecule has 1 aromatic rings. The minimum atomic E-state index is -3.49. The maximum absolute atomic E-state index is 13.2. The third-order valence-corrected chi connectivity index (χ3v) is 6.62. The lowest BCUT2D eigenvalue weighted by Crippen LogP contribution is -2.49. The molecule has 0 aliphatic heterocycles. The number of carbonyl (C=O) groups is 1. The third kappa shape index (κ3) is 3.95. The number of ether oxygens (including phenoxy) is 1. The Kier molecular flexibility index (Phi) is 5.16. The number of hydrogen-bond donors (Lipinski definition) is 2. The van der Waals surface area contributed by atoms with Crippen molar-refractivity contribution in [3.63, 3.8) is 0 Å². The van der Waals surface area contributed by atoms with Gasteiger partial charge in [-0.3, -0.25) is 0 Å². The lowest BCUT2D eigenvalue weighted by molar-refractivity contribution is 0.0497. The Morgan fingerprint density at radius 1 is 1.32 bits per heavy atom. The van der Waals surface area contributed by atoms with Crippen LogP contribution in [-0.2, 0) is 14.6 Å². The van der Waals surface area contributed by atoms with Crippen LogP contribution in [-0.4, -0.2) is 43.2 Å². The summed E-state index contributed by atoms with van der Waals surface area (Å²) in [6.07, 6.45) is -0.723. The number of carbonyl (C=O) groups excluding carboxylic acids is 1. The molecule has 1 aliphatic carbocycles. The molecule has 0 saturated heterocycles. The fourth-order valence-corrected chi connectivity index (χ4v) is 5.23. The molecular formula is C17H25FN2O4S. The summed E-state index contributed by atoms with van der Waals surface area (Å²) in [7, 11) is -3.49. The Bertz CT molecular complexity index is 743. The number of amides is 1. The zero-order chi connectivity index (χ0) is 19.0. The number of nitrogens with two attached hydrogens (primary N) is 1. The molecule has 8 heteroatoms. The Morgan fingerprint density at radius 3 is 2.32 bits per heavy atom. The maximum Gasteiger partial charge on any atom is 0.408 e. The van der Waals surface area contributed by atoms with E-state index in [2.05, 4.69) is 5.32 Å². The van der Waals surface area contributed by atoms with Crippen LogP contribution >= 0.6 is 0 Å². The van der Waals surface area contributed by atoms with E-state index in [0.717, 1.165) is 0 Å². The molecule has 0 spiro atoms. The maximum atomic E-state index is 13.2. The van der Waals surface area contributed by atoms with Gasteiger partial charge in [0.15, 0.2) is 9.84 Å². The van der Waals surface area contributed by atoms with Gasteiger partial charge in [0, 0.05) is 18.2 Å². The summed E-state index contributed by atoms with van der Waals surface area (Å²) in [5, 5.41) is 1.80. The molecule has 1 amide bonds. The summed E-state index contributed by atoms with van der Waals surface area (Å²) in [6, 6.07) is 5.56. The van der Waals surface area contributed by atoms with Gasteiger partial charge < -0.3 is 15.8 Å². The normalized spacial score (nSPS) is 26.2. The van der Waals surface area contributed by atoms with Crippen LogP contribution in [0, 0.1) is 5.82 Å². The monoisotopic (exact) mass is 372 g/mol. The second-order valence-corrected chi connectivity index (χ2v) is 9.68. The Hall–Kier alpha value is -1.67. The van der Waals surface area contributed by atoms with E-state index in [1.807, 2.05) is 0 Å². The van der Waals surface area contributed by atoms with Gasteiger partial charge in [-0.25, -0.2) is 17.6 Å². The Balaban J connectivity index is 2.38. The summed E-state index contributed by atoms with van der Waals surface area (Å²) in [4.78, 5) is 12.2. The molecule has 1 aromatic carbocycles. The van der Waals surface area contributed by atoms with Crippen molar-refractivity contribution in [3.8, 4) is 0 Å². The third-order valence-electron chi connectivity index (χ3n) is 4.35. The smallest absolute Gasteiger partial charge is 0.408 e. The van der Waals surface area contributed by atoms with Crippen molar-refractivity contribution in [1.29, 1.82) is 0 Å². The van der Waals surface area contributed by atoms with E-state index in [9.17, 15) is 17.6 Å². The first-order valence-electron chi connectivity index (χ1n) is 8.15. The number of hydrogen-bond acceptors (Lipinski definition) is 5. The number of nitrogens with one attached hydrogen (secondary N) is 1. The standard InChI is InChI=1S/C17H25FN2O4S/c1-5-25(22,23)14-13(11-6-8-12(18)9-7-11)17(14,10-19)20-15(21)24-16(2,3)4/h6-9,13-14H,5,10,19H2,1-4H3,(H,20,21)/t13-,14+,17-/m0/s1. The van der Waals surface area contributed by atoms with Crippen LogP contribution in [0.15, 0.2) is 24.3 Å². The van der Waals surface area contributed by atoms with Gasteiger partial charge >= 0.3 is 6.09 Å². The average molecular weight is 372 g/mol. The zero-order valence-electron chi connectivity index (χ0n) is 14.9. The van der Waals surface area contributed by atoms with E-state index >= 15 is 0 Å². The van der Waals surface area contributed by atoms with E-state index in [0.29, 0.717) is 5.56 Å². The minimum absolute atomic E-state index is 0.0712. The van der Waals surface area contributed by atoms with Crippen LogP contribution in [0.1, 0.15) is 39.2 Å². The molecule has 140 valence electrons. The molecule has 2 rings (SSSR count). The van der Waals surface area contributed by atoms with E-state index < -0.39 is 44.1 Å². The van der Waals surface area contributed by atoms with Crippen molar-refractivity contribution < 1.29 is 22.3 Å². The van der Waals surface area contributed by atoms with Crippen LogP contribution in [0.5, 0.6) is 0 Å².